The number of hydrogen-bond donors (Lipinski definition) is 1. The van der Waals surface area contributed by atoms with Crippen molar-refractivity contribution in [1.29, 1.82) is 0 Å². The lowest BCUT2D eigenvalue weighted by Gasteiger charge is -2.19. The standard InChI is InChI=1S/C10H21NO3S/c12-9-5-6-10-15(13,14)11-7-3-1-2-4-8-11/h12H,1-10H2. The lowest BCUT2D eigenvalue weighted by molar-refractivity contribution is 0.287. The molecule has 0 bridgehead atoms. The molecule has 0 aromatic carbocycles. The molecule has 1 saturated heterocycles. The molecule has 0 aromatic rings. The monoisotopic (exact) mass is 235 g/mol. The molecular weight excluding hydrogens is 214 g/mol. The van der Waals surface area contributed by atoms with Crippen LogP contribution in [-0.2, 0) is 10.0 Å². The van der Waals surface area contributed by atoms with Crippen LogP contribution in [0.1, 0.15) is 38.5 Å². The molecule has 0 unspecified atom stereocenters. The summed E-state index contributed by atoms with van der Waals surface area (Å²) in [6.07, 6.45) is 5.40. The van der Waals surface area contributed by atoms with Crippen LogP contribution in [0, 0.1) is 0 Å². The third kappa shape index (κ3) is 4.49. The first kappa shape index (κ1) is 12.9. The minimum atomic E-state index is -3.06. The normalized spacial score (nSPS) is 20.1. The largest absolute Gasteiger partial charge is 0.396 e. The van der Waals surface area contributed by atoms with Crippen molar-refractivity contribution >= 4 is 10.0 Å². The molecule has 15 heavy (non-hydrogen) atoms. The highest BCUT2D eigenvalue weighted by molar-refractivity contribution is 7.89. The van der Waals surface area contributed by atoms with Crippen molar-refractivity contribution in [2.45, 2.75) is 38.5 Å². The highest BCUT2D eigenvalue weighted by Gasteiger charge is 2.21. The van der Waals surface area contributed by atoms with Gasteiger partial charge in [0.25, 0.3) is 0 Å². The molecule has 0 spiro atoms. The molecule has 0 radical (unpaired) electrons. The second-order valence-corrected chi connectivity index (χ2v) is 6.15. The molecule has 0 saturated carbocycles. The molecule has 0 aromatic heterocycles. The summed E-state index contributed by atoms with van der Waals surface area (Å²) >= 11 is 0. The molecule has 1 aliphatic rings. The maximum atomic E-state index is 11.9. The van der Waals surface area contributed by atoms with E-state index >= 15 is 0 Å². The van der Waals surface area contributed by atoms with Crippen molar-refractivity contribution < 1.29 is 13.5 Å². The summed E-state index contributed by atoms with van der Waals surface area (Å²) in [4.78, 5) is 0. The van der Waals surface area contributed by atoms with E-state index in [1.807, 2.05) is 0 Å². The van der Waals surface area contributed by atoms with Crippen LogP contribution < -0.4 is 0 Å². The van der Waals surface area contributed by atoms with E-state index in [1.165, 1.54) is 0 Å². The second kappa shape index (κ2) is 6.45. The molecule has 1 rings (SSSR count). The summed E-state index contributed by atoms with van der Waals surface area (Å²) in [7, 11) is -3.06. The van der Waals surface area contributed by atoms with Gasteiger partial charge in [-0.25, -0.2) is 12.7 Å². The minimum Gasteiger partial charge on any atom is -0.396 e. The Kier molecular flexibility index (Phi) is 5.56. The van der Waals surface area contributed by atoms with Crippen molar-refractivity contribution in [2.75, 3.05) is 25.4 Å². The zero-order valence-corrected chi connectivity index (χ0v) is 10.0. The average molecular weight is 235 g/mol. The molecule has 1 fully saturated rings. The van der Waals surface area contributed by atoms with E-state index in [2.05, 4.69) is 0 Å². The Morgan fingerprint density at radius 2 is 1.60 bits per heavy atom. The Labute approximate surface area is 92.3 Å². The van der Waals surface area contributed by atoms with E-state index in [-0.39, 0.29) is 12.4 Å². The van der Waals surface area contributed by atoms with Crippen molar-refractivity contribution in [2.24, 2.45) is 0 Å². The molecular formula is C10H21NO3S. The third-order valence-corrected chi connectivity index (χ3v) is 4.73. The maximum absolute atomic E-state index is 11.9. The molecule has 0 aliphatic carbocycles. The van der Waals surface area contributed by atoms with Crippen LogP contribution in [0.2, 0.25) is 0 Å². The first-order chi connectivity index (χ1) is 7.17. The summed E-state index contributed by atoms with van der Waals surface area (Å²) in [5, 5.41) is 8.61. The average Bonchev–Trinajstić information content (AvgIpc) is 2.46. The number of aliphatic hydroxyl groups is 1. The fraction of sp³-hybridized carbons (Fsp3) is 1.00. The Morgan fingerprint density at radius 1 is 1.00 bits per heavy atom. The molecule has 1 aliphatic heterocycles. The van der Waals surface area contributed by atoms with Gasteiger partial charge in [-0.1, -0.05) is 12.8 Å². The Bertz CT molecular complexity index is 256. The summed E-state index contributed by atoms with van der Waals surface area (Å²) in [5.41, 5.74) is 0. The van der Waals surface area contributed by atoms with Crippen LogP contribution in [-0.4, -0.2) is 43.3 Å². The van der Waals surface area contributed by atoms with Crippen LogP contribution in [0.5, 0.6) is 0 Å². The number of aliphatic hydroxyl groups excluding tert-OH is 1. The van der Waals surface area contributed by atoms with E-state index in [1.54, 1.807) is 4.31 Å². The predicted octanol–water partition coefficient (Wildman–Crippen LogP) is 0.965. The van der Waals surface area contributed by atoms with Gasteiger partial charge in [0.1, 0.15) is 0 Å². The van der Waals surface area contributed by atoms with E-state index < -0.39 is 10.0 Å². The number of sulfonamides is 1. The Hall–Kier alpha value is -0.130. The lowest BCUT2D eigenvalue weighted by Crippen LogP contribution is -2.33. The first-order valence-electron chi connectivity index (χ1n) is 5.75. The van der Waals surface area contributed by atoms with Crippen molar-refractivity contribution in [3.63, 3.8) is 0 Å². The SMILES string of the molecule is O=S(=O)(CCCCO)N1CCCCCC1. The van der Waals surface area contributed by atoms with Gasteiger partial charge < -0.3 is 5.11 Å². The first-order valence-corrected chi connectivity index (χ1v) is 7.36. The van der Waals surface area contributed by atoms with Crippen LogP contribution in [0.25, 0.3) is 0 Å². The molecule has 1 heterocycles. The maximum Gasteiger partial charge on any atom is 0.214 e. The molecule has 5 heteroatoms. The van der Waals surface area contributed by atoms with Crippen LogP contribution in [0.4, 0.5) is 0 Å². The van der Waals surface area contributed by atoms with E-state index in [4.69, 9.17) is 5.11 Å². The Balaban J connectivity index is 2.43. The van der Waals surface area contributed by atoms with Crippen molar-refractivity contribution in [3.05, 3.63) is 0 Å². The highest BCUT2D eigenvalue weighted by Crippen LogP contribution is 2.14. The molecule has 90 valence electrons. The van der Waals surface area contributed by atoms with Gasteiger partial charge in [0.05, 0.1) is 5.75 Å². The van der Waals surface area contributed by atoms with E-state index in [0.29, 0.717) is 25.9 Å². The summed E-state index contributed by atoms with van der Waals surface area (Å²) < 4.78 is 25.3. The van der Waals surface area contributed by atoms with E-state index in [9.17, 15) is 8.42 Å². The van der Waals surface area contributed by atoms with Gasteiger partial charge in [0.15, 0.2) is 0 Å². The van der Waals surface area contributed by atoms with Crippen LogP contribution in [0.15, 0.2) is 0 Å². The Morgan fingerprint density at radius 3 is 2.13 bits per heavy atom. The molecule has 4 nitrogen and oxygen atoms in total. The number of nitrogens with zero attached hydrogens (tertiary/aromatic N) is 1. The zero-order chi connectivity index (χ0) is 11.1. The highest BCUT2D eigenvalue weighted by atomic mass is 32.2. The fourth-order valence-electron chi connectivity index (χ4n) is 1.85. The van der Waals surface area contributed by atoms with Crippen LogP contribution in [0.3, 0.4) is 0 Å². The third-order valence-electron chi connectivity index (χ3n) is 2.77. The lowest BCUT2D eigenvalue weighted by atomic mass is 10.2. The van der Waals surface area contributed by atoms with Gasteiger partial charge in [0, 0.05) is 19.7 Å². The van der Waals surface area contributed by atoms with Gasteiger partial charge in [-0.3, -0.25) is 0 Å². The minimum absolute atomic E-state index is 0.0789. The summed E-state index contributed by atoms with van der Waals surface area (Å²) in [5.74, 6) is 0.188. The molecule has 0 atom stereocenters. The smallest absolute Gasteiger partial charge is 0.214 e. The van der Waals surface area contributed by atoms with Gasteiger partial charge in [-0.2, -0.15) is 0 Å². The van der Waals surface area contributed by atoms with Crippen molar-refractivity contribution in [1.82, 2.24) is 4.31 Å². The van der Waals surface area contributed by atoms with Gasteiger partial charge in [-0.15, -0.1) is 0 Å². The second-order valence-electron chi connectivity index (χ2n) is 4.06. The molecule has 1 N–H and O–H groups in total. The quantitative estimate of drug-likeness (QED) is 0.722. The number of rotatable bonds is 5. The van der Waals surface area contributed by atoms with Crippen molar-refractivity contribution in [3.8, 4) is 0 Å². The van der Waals surface area contributed by atoms with E-state index in [0.717, 1.165) is 25.7 Å². The van der Waals surface area contributed by atoms with Gasteiger partial charge in [0.2, 0.25) is 10.0 Å². The van der Waals surface area contributed by atoms with Gasteiger partial charge >= 0.3 is 0 Å². The molecule has 0 amide bonds. The fourth-order valence-corrected chi connectivity index (χ4v) is 3.49. The zero-order valence-electron chi connectivity index (χ0n) is 9.19. The predicted molar refractivity (Wildman–Crippen MR) is 60.1 cm³/mol. The summed E-state index contributed by atoms with van der Waals surface area (Å²) in [6, 6.07) is 0. The number of unbranched alkanes of at least 4 members (excludes halogenated alkanes) is 1. The topological polar surface area (TPSA) is 57.6 Å². The summed E-state index contributed by atoms with van der Waals surface area (Å²) in [6.45, 7) is 1.44. The van der Waals surface area contributed by atoms with Gasteiger partial charge in [-0.05, 0) is 25.7 Å². The number of hydrogen-bond acceptors (Lipinski definition) is 3. The van der Waals surface area contributed by atoms with Crippen LogP contribution >= 0.6 is 0 Å².